The van der Waals surface area contributed by atoms with E-state index in [1.54, 1.807) is 18.3 Å². The molecule has 1 saturated carbocycles. The summed E-state index contributed by atoms with van der Waals surface area (Å²) in [7, 11) is 0. The summed E-state index contributed by atoms with van der Waals surface area (Å²) >= 11 is 0. The number of hydrogen-bond donors (Lipinski definition) is 2. The molecule has 21 heavy (non-hydrogen) atoms. The van der Waals surface area contributed by atoms with Crippen molar-refractivity contribution >= 4 is 17.8 Å². The van der Waals surface area contributed by atoms with E-state index in [0.29, 0.717) is 5.56 Å². The maximum atomic E-state index is 12.1. The Morgan fingerprint density at radius 1 is 1.48 bits per heavy atom. The second-order valence-electron chi connectivity index (χ2n) is 4.97. The van der Waals surface area contributed by atoms with Gasteiger partial charge in [0.2, 0.25) is 5.91 Å². The molecule has 0 bridgehead atoms. The third-order valence-corrected chi connectivity index (χ3v) is 3.33. The van der Waals surface area contributed by atoms with Crippen molar-refractivity contribution in [3.05, 3.63) is 30.1 Å². The van der Waals surface area contributed by atoms with E-state index in [1.807, 2.05) is 0 Å². The number of carboxylic acids is 1. The number of nitrogens with zero attached hydrogens (tertiary/aromatic N) is 2. The maximum Gasteiger partial charge on any atom is 0.326 e. The first-order valence-corrected chi connectivity index (χ1v) is 6.73. The van der Waals surface area contributed by atoms with Gasteiger partial charge in [0.15, 0.2) is 0 Å². The average molecular weight is 291 g/mol. The molecular weight excluding hydrogens is 274 g/mol. The highest BCUT2D eigenvalue weighted by Crippen LogP contribution is 2.28. The maximum absolute atomic E-state index is 12.1. The van der Waals surface area contributed by atoms with Gasteiger partial charge in [0.25, 0.3) is 5.91 Å². The van der Waals surface area contributed by atoms with Gasteiger partial charge in [-0.05, 0) is 31.9 Å². The first-order valence-electron chi connectivity index (χ1n) is 6.73. The highest BCUT2D eigenvalue weighted by atomic mass is 16.4. The van der Waals surface area contributed by atoms with Crippen LogP contribution < -0.4 is 5.32 Å². The Morgan fingerprint density at radius 3 is 2.71 bits per heavy atom. The fourth-order valence-electron chi connectivity index (χ4n) is 2.05. The van der Waals surface area contributed by atoms with Crippen molar-refractivity contribution in [3.8, 4) is 0 Å². The van der Waals surface area contributed by atoms with Crippen molar-refractivity contribution in [1.82, 2.24) is 15.2 Å². The Morgan fingerprint density at radius 2 is 2.19 bits per heavy atom. The van der Waals surface area contributed by atoms with E-state index in [9.17, 15) is 14.4 Å². The van der Waals surface area contributed by atoms with Crippen molar-refractivity contribution in [2.24, 2.45) is 0 Å². The van der Waals surface area contributed by atoms with Crippen LogP contribution >= 0.6 is 0 Å². The highest BCUT2D eigenvalue weighted by Gasteiger charge is 2.38. The summed E-state index contributed by atoms with van der Waals surface area (Å²) in [5.74, 6) is -1.84. The molecule has 7 heteroatoms. The second-order valence-corrected chi connectivity index (χ2v) is 4.97. The van der Waals surface area contributed by atoms with Crippen molar-refractivity contribution in [2.75, 3.05) is 6.54 Å². The molecule has 1 unspecified atom stereocenters. The molecule has 1 fully saturated rings. The van der Waals surface area contributed by atoms with E-state index in [-0.39, 0.29) is 18.5 Å². The normalized spacial score (nSPS) is 15.1. The number of carbonyl (C=O) groups is 3. The lowest BCUT2D eigenvalue weighted by Crippen LogP contribution is -2.48. The van der Waals surface area contributed by atoms with Gasteiger partial charge in [-0.3, -0.25) is 14.6 Å². The predicted octanol–water partition coefficient (Wildman–Crippen LogP) is 0.276. The Labute approximate surface area is 122 Å². The van der Waals surface area contributed by atoms with Crippen LogP contribution in [-0.2, 0) is 9.59 Å². The van der Waals surface area contributed by atoms with Gasteiger partial charge in [-0.1, -0.05) is 0 Å². The number of hydrogen-bond acceptors (Lipinski definition) is 4. The van der Waals surface area contributed by atoms with Crippen LogP contribution in [-0.4, -0.2) is 51.4 Å². The molecule has 1 aromatic heterocycles. The first kappa shape index (κ1) is 15.0. The summed E-state index contributed by atoms with van der Waals surface area (Å²) in [5.41, 5.74) is 0.356. The van der Waals surface area contributed by atoms with Crippen molar-refractivity contribution in [2.45, 2.75) is 31.8 Å². The van der Waals surface area contributed by atoms with Gasteiger partial charge in [0.1, 0.15) is 6.04 Å². The van der Waals surface area contributed by atoms with Crippen LogP contribution in [0.1, 0.15) is 30.1 Å². The molecule has 1 atom stereocenters. The third kappa shape index (κ3) is 3.77. The van der Waals surface area contributed by atoms with Crippen LogP contribution in [0, 0.1) is 0 Å². The van der Waals surface area contributed by atoms with Crippen molar-refractivity contribution in [1.29, 1.82) is 0 Å². The van der Waals surface area contributed by atoms with Gasteiger partial charge in [0, 0.05) is 18.4 Å². The molecule has 0 saturated heterocycles. The second kappa shape index (κ2) is 6.34. The highest BCUT2D eigenvalue weighted by molar-refractivity contribution is 5.96. The SMILES string of the molecule is CC(C(=O)O)N(C(=O)CNC(=O)c1cccnc1)C1CC1. The van der Waals surface area contributed by atoms with Crippen LogP contribution in [0.15, 0.2) is 24.5 Å². The van der Waals surface area contributed by atoms with Crippen LogP contribution in [0.2, 0.25) is 0 Å². The number of aliphatic carboxylic acids is 1. The molecule has 2 amide bonds. The molecule has 0 aliphatic heterocycles. The third-order valence-electron chi connectivity index (χ3n) is 3.33. The monoisotopic (exact) mass is 291 g/mol. The summed E-state index contributed by atoms with van der Waals surface area (Å²) < 4.78 is 0. The minimum atomic E-state index is -1.05. The quantitative estimate of drug-likeness (QED) is 0.784. The van der Waals surface area contributed by atoms with Gasteiger partial charge in [-0.2, -0.15) is 0 Å². The Hall–Kier alpha value is -2.44. The van der Waals surface area contributed by atoms with Crippen LogP contribution in [0.5, 0.6) is 0 Å². The summed E-state index contributed by atoms with van der Waals surface area (Å²) in [5, 5.41) is 11.5. The number of rotatable bonds is 6. The fourth-order valence-corrected chi connectivity index (χ4v) is 2.05. The summed E-state index contributed by atoms with van der Waals surface area (Å²) in [4.78, 5) is 40.2. The van der Waals surface area contributed by atoms with Gasteiger partial charge >= 0.3 is 5.97 Å². The fraction of sp³-hybridized carbons (Fsp3) is 0.429. The molecule has 1 aliphatic rings. The number of carbonyl (C=O) groups excluding carboxylic acids is 2. The van der Waals surface area contributed by atoms with E-state index in [4.69, 9.17) is 5.11 Å². The number of pyridine rings is 1. The zero-order chi connectivity index (χ0) is 15.4. The summed E-state index contributed by atoms with van der Waals surface area (Å²) in [6.07, 6.45) is 4.56. The standard InChI is InChI=1S/C14H17N3O4/c1-9(14(20)21)17(11-4-5-11)12(18)8-16-13(19)10-3-2-6-15-7-10/h2-3,6-7,9,11H,4-5,8H2,1H3,(H,16,19)(H,20,21). The molecule has 0 aromatic carbocycles. The average Bonchev–Trinajstić information content (AvgIpc) is 3.30. The molecule has 7 nitrogen and oxygen atoms in total. The molecule has 0 radical (unpaired) electrons. The lowest BCUT2D eigenvalue weighted by atomic mass is 10.2. The van der Waals surface area contributed by atoms with Gasteiger partial charge in [0.05, 0.1) is 12.1 Å². The lowest BCUT2D eigenvalue weighted by Gasteiger charge is -2.26. The smallest absolute Gasteiger partial charge is 0.326 e. The molecular formula is C14H17N3O4. The summed E-state index contributed by atoms with van der Waals surface area (Å²) in [6.45, 7) is 1.25. The molecule has 1 heterocycles. The Bertz CT molecular complexity index is 542. The minimum Gasteiger partial charge on any atom is -0.480 e. The van der Waals surface area contributed by atoms with E-state index in [2.05, 4.69) is 10.3 Å². The molecule has 2 rings (SSSR count). The van der Waals surface area contributed by atoms with E-state index in [0.717, 1.165) is 12.8 Å². The molecule has 112 valence electrons. The van der Waals surface area contributed by atoms with Crippen molar-refractivity contribution < 1.29 is 19.5 Å². The Balaban J connectivity index is 1.93. The van der Waals surface area contributed by atoms with Crippen LogP contribution in [0.4, 0.5) is 0 Å². The molecule has 1 aromatic rings. The van der Waals surface area contributed by atoms with Crippen LogP contribution in [0.3, 0.4) is 0 Å². The molecule has 2 N–H and O–H groups in total. The topological polar surface area (TPSA) is 99.6 Å². The van der Waals surface area contributed by atoms with Crippen molar-refractivity contribution in [3.63, 3.8) is 0 Å². The largest absolute Gasteiger partial charge is 0.480 e. The molecule has 1 aliphatic carbocycles. The zero-order valence-corrected chi connectivity index (χ0v) is 11.7. The van der Waals surface area contributed by atoms with E-state index < -0.39 is 17.9 Å². The number of carboxylic acid groups (broad SMARTS) is 1. The number of nitrogens with one attached hydrogen (secondary N) is 1. The Kier molecular flexibility index (Phi) is 4.52. The molecule has 0 spiro atoms. The number of amides is 2. The zero-order valence-electron chi connectivity index (χ0n) is 11.7. The van der Waals surface area contributed by atoms with Crippen LogP contribution in [0.25, 0.3) is 0 Å². The van der Waals surface area contributed by atoms with Gasteiger partial charge in [-0.25, -0.2) is 4.79 Å². The van der Waals surface area contributed by atoms with Gasteiger partial charge in [-0.15, -0.1) is 0 Å². The number of aromatic nitrogens is 1. The van der Waals surface area contributed by atoms with E-state index >= 15 is 0 Å². The lowest BCUT2D eigenvalue weighted by molar-refractivity contribution is -0.149. The first-order chi connectivity index (χ1) is 10.0. The van der Waals surface area contributed by atoms with E-state index in [1.165, 1.54) is 18.0 Å². The predicted molar refractivity (Wildman–Crippen MR) is 73.5 cm³/mol. The minimum absolute atomic E-state index is 0.0288. The van der Waals surface area contributed by atoms with Gasteiger partial charge < -0.3 is 15.3 Å². The summed E-state index contributed by atoms with van der Waals surface area (Å²) in [6, 6.07) is 2.30.